The van der Waals surface area contributed by atoms with Crippen LogP contribution in [0.3, 0.4) is 0 Å². The number of carbonyl (C=O) groups is 1. The quantitative estimate of drug-likeness (QED) is 0.535. The fourth-order valence-electron chi connectivity index (χ4n) is 3.13. The maximum absolute atomic E-state index is 12.6. The molecular weight excluding hydrogens is 368 g/mol. The van der Waals surface area contributed by atoms with Gasteiger partial charge in [-0.15, -0.1) is 0 Å². The molecule has 3 heterocycles. The second-order valence-electron chi connectivity index (χ2n) is 6.55. The summed E-state index contributed by atoms with van der Waals surface area (Å²) in [6.45, 7) is 1.95. The molecule has 7 heteroatoms. The van der Waals surface area contributed by atoms with Gasteiger partial charge in [-0.2, -0.15) is 0 Å². The van der Waals surface area contributed by atoms with Crippen LogP contribution in [-0.4, -0.2) is 35.1 Å². The summed E-state index contributed by atoms with van der Waals surface area (Å²) in [6.07, 6.45) is 3.51. The lowest BCUT2D eigenvalue weighted by molar-refractivity contribution is 0.102. The number of nitrogens with one attached hydrogen (secondary N) is 2. The Morgan fingerprint density at radius 3 is 2.59 bits per heavy atom. The minimum atomic E-state index is -0.283. The highest BCUT2D eigenvalue weighted by atomic mass is 16.5. The average Bonchev–Trinajstić information content (AvgIpc) is 3.16. The number of nitrogens with zero attached hydrogens (tertiary/aromatic N) is 2. The fourth-order valence-corrected chi connectivity index (χ4v) is 3.13. The van der Waals surface area contributed by atoms with E-state index in [1.165, 1.54) is 7.11 Å². The molecule has 3 aromatic heterocycles. The third-order valence-corrected chi connectivity index (χ3v) is 4.60. The zero-order valence-corrected chi connectivity index (χ0v) is 16.3. The molecule has 0 aliphatic heterocycles. The van der Waals surface area contributed by atoms with Gasteiger partial charge in [0.25, 0.3) is 5.91 Å². The highest BCUT2D eigenvalue weighted by molar-refractivity contribution is 6.04. The summed E-state index contributed by atoms with van der Waals surface area (Å²) in [5.41, 5.74) is 4.29. The van der Waals surface area contributed by atoms with E-state index in [4.69, 9.17) is 9.47 Å². The molecule has 0 radical (unpaired) electrons. The van der Waals surface area contributed by atoms with Crippen LogP contribution in [0.5, 0.6) is 11.5 Å². The number of aromatic amines is 1. The summed E-state index contributed by atoms with van der Waals surface area (Å²) in [5, 5.41) is 3.78. The smallest absolute Gasteiger partial charge is 0.256 e. The lowest BCUT2D eigenvalue weighted by Gasteiger charge is -2.09. The van der Waals surface area contributed by atoms with Crippen LogP contribution in [0.25, 0.3) is 22.2 Å². The number of methoxy groups -OCH3 is 2. The largest absolute Gasteiger partial charge is 0.493 e. The number of fused-ring (bicyclic) bond motifs is 1. The highest BCUT2D eigenvalue weighted by Crippen LogP contribution is 2.28. The Labute approximate surface area is 167 Å². The number of amides is 1. The van der Waals surface area contributed by atoms with Gasteiger partial charge in [0.15, 0.2) is 11.5 Å². The first-order valence-corrected chi connectivity index (χ1v) is 9.02. The Morgan fingerprint density at radius 2 is 1.83 bits per heavy atom. The average molecular weight is 388 g/mol. The number of pyridine rings is 2. The van der Waals surface area contributed by atoms with E-state index in [9.17, 15) is 4.79 Å². The maximum atomic E-state index is 12.6. The number of benzene rings is 1. The monoisotopic (exact) mass is 388 g/mol. The Hall–Kier alpha value is -3.87. The lowest BCUT2D eigenvalue weighted by atomic mass is 10.1. The lowest BCUT2D eigenvalue weighted by Crippen LogP contribution is -2.13. The van der Waals surface area contributed by atoms with E-state index < -0.39 is 0 Å². The van der Waals surface area contributed by atoms with Crippen molar-refractivity contribution in [2.75, 3.05) is 19.5 Å². The first kappa shape index (κ1) is 18.5. The minimum absolute atomic E-state index is 0.283. The molecule has 1 aromatic carbocycles. The van der Waals surface area contributed by atoms with Gasteiger partial charge >= 0.3 is 0 Å². The number of aryl methyl sites for hydroxylation is 1. The number of H-pyrrole nitrogens is 1. The second kappa shape index (κ2) is 7.63. The Balaban J connectivity index is 1.59. The molecule has 4 aromatic rings. The maximum Gasteiger partial charge on any atom is 0.256 e. The molecule has 4 rings (SSSR count). The first-order valence-electron chi connectivity index (χ1n) is 9.02. The topological polar surface area (TPSA) is 89.1 Å². The number of hydrogen-bond acceptors (Lipinski definition) is 5. The van der Waals surface area contributed by atoms with Crippen LogP contribution in [-0.2, 0) is 0 Å². The van der Waals surface area contributed by atoms with E-state index in [0.29, 0.717) is 22.9 Å². The van der Waals surface area contributed by atoms with Crippen LogP contribution in [0.15, 0.2) is 54.9 Å². The van der Waals surface area contributed by atoms with Gasteiger partial charge in [-0.05, 0) is 43.3 Å². The van der Waals surface area contributed by atoms with Gasteiger partial charge in [0, 0.05) is 46.4 Å². The molecule has 0 unspecified atom stereocenters. The van der Waals surface area contributed by atoms with Crippen LogP contribution < -0.4 is 14.8 Å². The van der Waals surface area contributed by atoms with E-state index in [-0.39, 0.29) is 5.91 Å². The normalized spacial score (nSPS) is 10.7. The van der Waals surface area contributed by atoms with Crippen LogP contribution in [0.2, 0.25) is 0 Å². The number of aromatic nitrogens is 3. The summed E-state index contributed by atoms with van der Waals surface area (Å²) in [4.78, 5) is 24.6. The molecule has 146 valence electrons. The molecule has 0 bridgehead atoms. The molecule has 29 heavy (non-hydrogen) atoms. The van der Waals surface area contributed by atoms with Crippen LogP contribution in [0, 0.1) is 6.92 Å². The molecule has 0 atom stereocenters. The van der Waals surface area contributed by atoms with Gasteiger partial charge in [-0.25, -0.2) is 4.98 Å². The Kier molecular flexibility index (Phi) is 4.87. The number of hydrogen-bond donors (Lipinski definition) is 2. The molecule has 0 fully saturated rings. The van der Waals surface area contributed by atoms with Crippen molar-refractivity contribution in [1.29, 1.82) is 0 Å². The van der Waals surface area contributed by atoms with Crippen molar-refractivity contribution >= 4 is 22.6 Å². The predicted octanol–water partition coefficient (Wildman–Crippen LogP) is 4.20. The van der Waals surface area contributed by atoms with Crippen molar-refractivity contribution in [3.63, 3.8) is 0 Å². The van der Waals surface area contributed by atoms with Crippen LogP contribution >= 0.6 is 0 Å². The van der Waals surface area contributed by atoms with Crippen molar-refractivity contribution in [3.8, 4) is 22.8 Å². The van der Waals surface area contributed by atoms with Crippen molar-refractivity contribution in [1.82, 2.24) is 15.0 Å². The zero-order chi connectivity index (χ0) is 20.4. The molecule has 0 spiro atoms. The second-order valence-corrected chi connectivity index (χ2v) is 6.55. The number of rotatable bonds is 5. The van der Waals surface area contributed by atoms with Gasteiger partial charge < -0.3 is 19.8 Å². The van der Waals surface area contributed by atoms with Crippen molar-refractivity contribution < 1.29 is 14.3 Å². The predicted molar refractivity (Wildman–Crippen MR) is 112 cm³/mol. The number of carbonyl (C=O) groups excluding carboxylic acids is 1. The van der Waals surface area contributed by atoms with Gasteiger partial charge in [0.2, 0.25) is 0 Å². The first-order chi connectivity index (χ1) is 14.1. The zero-order valence-electron chi connectivity index (χ0n) is 16.3. The van der Waals surface area contributed by atoms with E-state index in [0.717, 1.165) is 27.9 Å². The standard InChI is InChI=1S/C22H20N4O3/c1-13-8-14(6-7-23-13)17-9-16-12-24-21(11-18(16)25-17)26-22(27)15-4-5-19(28-2)20(10-15)29-3/h4-12,25H,1-3H3,(H,24,26,27). The van der Waals surface area contributed by atoms with E-state index >= 15 is 0 Å². The molecule has 1 amide bonds. The molecule has 0 aliphatic rings. The van der Waals surface area contributed by atoms with Gasteiger partial charge in [-0.3, -0.25) is 9.78 Å². The Bertz CT molecular complexity index is 1200. The van der Waals surface area contributed by atoms with Crippen molar-refractivity contribution in [2.24, 2.45) is 0 Å². The third kappa shape index (κ3) is 3.75. The molecular formula is C22H20N4O3. The SMILES string of the molecule is COc1ccc(C(=O)Nc2cc3[nH]c(-c4ccnc(C)c4)cc3cn2)cc1OC. The molecule has 0 aliphatic carbocycles. The van der Waals surface area contributed by atoms with Crippen LogP contribution in [0.4, 0.5) is 5.82 Å². The van der Waals surface area contributed by atoms with Gasteiger partial charge in [0.05, 0.1) is 19.7 Å². The molecule has 7 nitrogen and oxygen atoms in total. The van der Waals surface area contributed by atoms with E-state index in [2.05, 4.69) is 20.3 Å². The minimum Gasteiger partial charge on any atom is -0.493 e. The van der Waals surface area contributed by atoms with Crippen molar-refractivity contribution in [3.05, 3.63) is 66.1 Å². The summed E-state index contributed by atoms with van der Waals surface area (Å²) in [7, 11) is 3.08. The third-order valence-electron chi connectivity index (χ3n) is 4.60. The number of anilines is 1. The van der Waals surface area contributed by atoms with Gasteiger partial charge in [0.1, 0.15) is 5.82 Å². The molecule has 0 saturated carbocycles. The van der Waals surface area contributed by atoms with E-state index in [1.54, 1.807) is 37.7 Å². The van der Waals surface area contributed by atoms with E-state index in [1.807, 2.05) is 31.2 Å². The molecule has 0 saturated heterocycles. The summed E-state index contributed by atoms with van der Waals surface area (Å²) in [6, 6.07) is 12.8. The van der Waals surface area contributed by atoms with Crippen LogP contribution in [0.1, 0.15) is 16.1 Å². The Morgan fingerprint density at radius 1 is 1.00 bits per heavy atom. The highest BCUT2D eigenvalue weighted by Gasteiger charge is 2.12. The van der Waals surface area contributed by atoms with Crippen molar-refractivity contribution in [2.45, 2.75) is 6.92 Å². The number of ether oxygens (including phenoxy) is 2. The summed E-state index contributed by atoms with van der Waals surface area (Å²) in [5.74, 6) is 1.23. The molecule has 2 N–H and O–H groups in total. The summed E-state index contributed by atoms with van der Waals surface area (Å²) < 4.78 is 10.5. The summed E-state index contributed by atoms with van der Waals surface area (Å²) >= 11 is 0. The van der Waals surface area contributed by atoms with Gasteiger partial charge in [-0.1, -0.05) is 0 Å². The fraction of sp³-hybridized carbons (Fsp3) is 0.136.